The van der Waals surface area contributed by atoms with Crippen molar-refractivity contribution in [3.05, 3.63) is 63.5 Å². The molecular weight excluding hydrogens is 520 g/mol. The number of hydrogen-bond donors (Lipinski definition) is 1. The van der Waals surface area contributed by atoms with E-state index in [1.165, 1.54) is 23.1 Å². The molecule has 0 aliphatic rings. The Morgan fingerprint density at radius 3 is 2.19 bits per heavy atom. The molecule has 0 spiro atoms. The minimum absolute atomic E-state index is 0.119. The molecule has 0 atom stereocenters. The van der Waals surface area contributed by atoms with Crippen molar-refractivity contribution in [1.82, 2.24) is 4.72 Å². The molecule has 2 aromatic carbocycles. The fraction of sp³-hybridized carbons (Fsp3) is 0.263. The first-order valence-electron chi connectivity index (χ1n) is 8.80. The third kappa shape index (κ3) is 6.10. The van der Waals surface area contributed by atoms with Crippen LogP contribution in [0.2, 0.25) is 5.02 Å². The number of nitrogens with one attached hydrogen (secondary N) is 1. The number of benzene rings is 2. The van der Waals surface area contributed by atoms with Crippen LogP contribution in [-0.4, -0.2) is 20.7 Å². The summed E-state index contributed by atoms with van der Waals surface area (Å²) in [4.78, 5) is -1.09. The predicted octanol–water partition coefficient (Wildman–Crippen LogP) is 6.80. The third-order valence-electron chi connectivity index (χ3n) is 4.28. The Kier molecular flexibility index (Phi) is 7.40. The van der Waals surface area contributed by atoms with Crippen LogP contribution in [0.25, 0.3) is 10.1 Å². The van der Waals surface area contributed by atoms with Crippen molar-refractivity contribution < 1.29 is 34.8 Å². The lowest BCUT2D eigenvalue weighted by Gasteiger charge is -2.14. The average Bonchev–Trinajstić information content (AvgIpc) is 3.08. The van der Waals surface area contributed by atoms with Gasteiger partial charge >= 0.3 is 12.4 Å². The van der Waals surface area contributed by atoms with Gasteiger partial charge in [-0.15, -0.1) is 11.3 Å². The Bertz CT molecular complexity index is 1190. The highest BCUT2D eigenvalue weighted by atomic mass is 35.5. The van der Waals surface area contributed by atoms with E-state index in [0.717, 1.165) is 15.6 Å². The molecular formula is C19H14ClF6NO2S3. The SMILES string of the molecule is O=S(=O)(NCCSCc1csc2ccc(Cl)cc12)c1cc(C(F)(F)F)cc(C(F)(F)F)c1. The highest BCUT2D eigenvalue weighted by molar-refractivity contribution is 7.98. The van der Waals surface area contributed by atoms with Crippen LogP contribution in [0.15, 0.2) is 46.7 Å². The Morgan fingerprint density at radius 1 is 0.969 bits per heavy atom. The monoisotopic (exact) mass is 533 g/mol. The summed E-state index contributed by atoms with van der Waals surface area (Å²) in [5, 5.41) is 3.49. The van der Waals surface area contributed by atoms with Crippen molar-refractivity contribution >= 4 is 54.8 Å². The number of hydrogen-bond acceptors (Lipinski definition) is 4. The number of halogens is 7. The second-order valence-corrected chi connectivity index (χ2v) is 10.8. The van der Waals surface area contributed by atoms with Gasteiger partial charge in [0.1, 0.15) is 0 Å². The van der Waals surface area contributed by atoms with Crippen molar-refractivity contribution in [2.75, 3.05) is 12.3 Å². The summed E-state index contributed by atoms with van der Waals surface area (Å²) in [6, 6.07) is 5.72. The van der Waals surface area contributed by atoms with E-state index in [1.807, 2.05) is 17.5 Å². The highest BCUT2D eigenvalue weighted by Gasteiger charge is 2.38. The molecule has 0 aliphatic heterocycles. The van der Waals surface area contributed by atoms with Crippen molar-refractivity contribution in [3.63, 3.8) is 0 Å². The van der Waals surface area contributed by atoms with E-state index in [-0.39, 0.29) is 30.5 Å². The molecule has 1 N–H and O–H groups in total. The summed E-state index contributed by atoms with van der Waals surface area (Å²) in [6.07, 6.45) is -10.3. The van der Waals surface area contributed by atoms with E-state index in [2.05, 4.69) is 4.72 Å². The molecule has 3 nitrogen and oxygen atoms in total. The molecule has 3 rings (SSSR count). The summed E-state index contributed by atoms with van der Waals surface area (Å²) < 4.78 is 105. The zero-order chi connectivity index (χ0) is 23.7. The minimum atomic E-state index is -5.13. The van der Waals surface area contributed by atoms with Gasteiger partial charge in [0.2, 0.25) is 10.0 Å². The lowest BCUT2D eigenvalue weighted by Crippen LogP contribution is -2.27. The van der Waals surface area contributed by atoms with Crippen LogP contribution in [-0.2, 0) is 28.1 Å². The van der Waals surface area contributed by atoms with Crippen LogP contribution in [0.1, 0.15) is 16.7 Å². The Balaban J connectivity index is 1.66. The fourth-order valence-electron chi connectivity index (χ4n) is 2.76. The molecule has 0 saturated heterocycles. The predicted molar refractivity (Wildman–Crippen MR) is 115 cm³/mol. The molecule has 0 fully saturated rings. The van der Waals surface area contributed by atoms with E-state index in [1.54, 1.807) is 6.07 Å². The second kappa shape index (κ2) is 9.41. The molecule has 13 heteroatoms. The maximum Gasteiger partial charge on any atom is 0.416 e. The molecule has 174 valence electrons. The fourth-order valence-corrected chi connectivity index (χ4v) is 6.06. The van der Waals surface area contributed by atoms with Crippen molar-refractivity contribution in [2.45, 2.75) is 23.0 Å². The Labute approximate surface area is 192 Å². The minimum Gasteiger partial charge on any atom is -0.210 e. The van der Waals surface area contributed by atoms with E-state index in [9.17, 15) is 34.8 Å². The molecule has 0 saturated carbocycles. The normalized spacial score (nSPS) is 13.1. The highest BCUT2D eigenvalue weighted by Crippen LogP contribution is 2.37. The third-order valence-corrected chi connectivity index (χ3v) is 7.98. The Hall–Kier alpha value is -1.47. The standard InChI is InChI=1S/C19H14ClF6NO2S3/c20-14-1-2-17-16(8-14)11(10-31-17)9-30-4-3-27-32(28,29)15-6-12(18(21,22)23)5-13(7-15)19(24,25)26/h1-2,5-8,10,27H,3-4,9H2. The van der Waals surface area contributed by atoms with Gasteiger partial charge in [0, 0.05) is 27.8 Å². The number of thiophene rings is 1. The van der Waals surface area contributed by atoms with E-state index in [0.29, 0.717) is 10.8 Å². The van der Waals surface area contributed by atoms with Crippen LogP contribution in [0.5, 0.6) is 0 Å². The van der Waals surface area contributed by atoms with Gasteiger partial charge < -0.3 is 0 Å². The molecule has 0 bridgehead atoms. The number of alkyl halides is 6. The number of sulfonamides is 1. The summed E-state index contributed by atoms with van der Waals surface area (Å²) in [5.74, 6) is 0.784. The number of fused-ring (bicyclic) bond motifs is 1. The van der Waals surface area contributed by atoms with E-state index in [4.69, 9.17) is 11.6 Å². The zero-order valence-corrected chi connectivity index (χ0v) is 19.1. The number of thioether (sulfide) groups is 1. The summed E-state index contributed by atoms with van der Waals surface area (Å²) in [6.45, 7) is -0.173. The van der Waals surface area contributed by atoms with Crippen LogP contribution in [0, 0.1) is 0 Å². The lowest BCUT2D eigenvalue weighted by atomic mass is 10.1. The quantitative estimate of drug-likeness (QED) is 0.268. The van der Waals surface area contributed by atoms with Crippen molar-refractivity contribution in [2.24, 2.45) is 0 Å². The van der Waals surface area contributed by atoms with Crippen molar-refractivity contribution in [3.8, 4) is 0 Å². The van der Waals surface area contributed by atoms with Gasteiger partial charge in [0.05, 0.1) is 16.0 Å². The first kappa shape index (κ1) is 25.2. The molecule has 0 unspecified atom stereocenters. The largest absolute Gasteiger partial charge is 0.416 e. The molecule has 32 heavy (non-hydrogen) atoms. The van der Waals surface area contributed by atoms with Gasteiger partial charge in [0.25, 0.3) is 0 Å². The molecule has 1 heterocycles. The van der Waals surface area contributed by atoms with Gasteiger partial charge in [-0.2, -0.15) is 38.1 Å². The lowest BCUT2D eigenvalue weighted by molar-refractivity contribution is -0.143. The average molecular weight is 534 g/mol. The van der Waals surface area contributed by atoms with Gasteiger partial charge in [-0.1, -0.05) is 11.6 Å². The van der Waals surface area contributed by atoms with E-state index < -0.39 is 38.4 Å². The van der Waals surface area contributed by atoms with Gasteiger partial charge in [0.15, 0.2) is 0 Å². The second-order valence-electron chi connectivity index (χ2n) is 6.59. The first-order valence-corrected chi connectivity index (χ1v) is 12.7. The molecule has 3 aromatic rings. The smallest absolute Gasteiger partial charge is 0.210 e. The van der Waals surface area contributed by atoms with Crippen molar-refractivity contribution in [1.29, 1.82) is 0 Å². The summed E-state index contributed by atoms with van der Waals surface area (Å²) in [7, 11) is -4.58. The molecule has 0 radical (unpaired) electrons. The Morgan fingerprint density at radius 2 is 1.59 bits per heavy atom. The molecule has 0 aliphatic carbocycles. The van der Waals surface area contributed by atoms with Gasteiger partial charge in [-0.25, -0.2) is 13.1 Å². The van der Waals surface area contributed by atoms with Crippen LogP contribution in [0.4, 0.5) is 26.3 Å². The van der Waals surface area contributed by atoms with Gasteiger partial charge in [-0.05, 0) is 52.7 Å². The van der Waals surface area contributed by atoms with Crippen LogP contribution >= 0.6 is 34.7 Å². The molecule has 0 amide bonds. The van der Waals surface area contributed by atoms with Crippen LogP contribution in [0.3, 0.4) is 0 Å². The zero-order valence-electron chi connectivity index (χ0n) is 15.8. The summed E-state index contributed by atoms with van der Waals surface area (Å²) >= 11 is 8.88. The maximum absolute atomic E-state index is 13.0. The first-order chi connectivity index (χ1) is 14.8. The summed E-state index contributed by atoms with van der Waals surface area (Å²) in [5.41, 5.74) is -2.39. The topological polar surface area (TPSA) is 46.2 Å². The molecule has 1 aromatic heterocycles. The van der Waals surface area contributed by atoms with Gasteiger partial charge in [-0.3, -0.25) is 0 Å². The van der Waals surface area contributed by atoms with E-state index >= 15 is 0 Å². The maximum atomic E-state index is 13.0. The number of rotatable bonds is 7. The van der Waals surface area contributed by atoms with Crippen LogP contribution < -0.4 is 4.72 Å².